The second kappa shape index (κ2) is 5.82. The standard InChI is InChI=1S/C18H22N6O2/c1-10-11(2)20-16-8-14(21-24(16)17(10)25)15-6-5-7-23(15)18(26)13-9-19-22(4)12(13)3/h8-9,15,21H,5-7H2,1-4H3/t15-/m0/s1. The van der Waals surface area contributed by atoms with E-state index in [0.29, 0.717) is 23.3 Å². The molecule has 136 valence electrons. The molecule has 0 spiro atoms. The lowest BCUT2D eigenvalue weighted by Crippen LogP contribution is -2.31. The predicted molar refractivity (Wildman–Crippen MR) is 96.2 cm³/mol. The van der Waals surface area contributed by atoms with Gasteiger partial charge in [0.15, 0.2) is 5.65 Å². The van der Waals surface area contributed by atoms with Crippen molar-refractivity contribution in [1.29, 1.82) is 0 Å². The second-order valence-corrected chi connectivity index (χ2v) is 6.96. The summed E-state index contributed by atoms with van der Waals surface area (Å²) in [6, 6.07) is 1.78. The third-order valence-corrected chi connectivity index (χ3v) is 5.44. The molecule has 0 unspecified atom stereocenters. The molecule has 0 aromatic carbocycles. The average molecular weight is 354 g/mol. The zero-order valence-electron chi connectivity index (χ0n) is 15.4. The minimum absolute atomic E-state index is 0.0237. The number of carbonyl (C=O) groups is 1. The number of H-pyrrole nitrogens is 1. The number of aromatic nitrogens is 5. The number of nitrogens with one attached hydrogen (secondary N) is 1. The molecule has 1 fully saturated rings. The second-order valence-electron chi connectivity index (χ2n) is 6.96. The number of aryl methyl sites for hydroxylation is 2. The first-order chi connectivity index (χ1) is 12.4. The molecule has 1 N–H and O–H groups in total. The molecule has 0 bridgehead atoms. The molecule has 4 heterocycles. The molecular formula is C18H22N6O2. The van der Waals surface area contributed by atoms with E-state index in [2.05, 4.69) is 15.2 Å². The summed E-state index contributed by atoms with van der Waals surface area (Å²) in [7, 11) is 1.83. The van der Waals surface area contributed by atoms with Crippen molar-refractivity contribution in [3.8, 4) is 0 Å². The molecule has 1 aliphatic rings. The number of fused-ring (bicyclic) bond motifs is 1. The van der Waals surface area contributed by atoms with Crippen LogP contribution in [0.1, 0.15) is 51.9 Å². The van der Waals surface area contributed by atoms with Crippen molar-refractivity contribution < 1.29 is 4.79 Å². The summed E-state index contributed by atoms with van der Waals surface area (Å²) in [6.07, 6.45) is 3.40. The number of aromatic amines is 1. The first-order valence-corrected chi connectivity index (χ1v) is 8.77. The highest BCUT2D eigenvalue weighted by Gasteiger charge is 2.33. The van der Waals surface area contributed by atoms with E-state index in [1.54, 1.807) is 17.8 Å². The largest absolute Gasteiger partial charge is 0.330 e. The minimum Gasteiger partial charge on any atom is -0.330 e. The normalized spacial score (nSPS) is 17.4. The minimum atomic E-state index is -0.0993. The van der Waals surface area contributed by atoms with Gasteiger partial charge in [0.1, 0.15) is 0 Å². The molecule has 0 saturated carbocycles. The van der Waals surface area contributed by atoms with Gasteiger partial charge in [-0.2, -0.15) is 5.10 Å². The molecule has 0 radical (unpaired) electrons. The molecular weight excluding hydrogens is 332 g/mol. The smallest absolute Gasteiger partial charge is 0.275 e. The Labute approximate surface area is 150 Å². The molecule has 8 heteroatoms. The lowest BCUT2D eigenvalue weighted by molar-refractivity contribution is 0.0732. The molecule has 4 rings (SSSR count). The van der Waals surface area contributed by atoms with Gasteiger partial charge in [0.25, 0.3) is 11.5 Å². The van der Waals surface area contributed by atoms with Gasteiger partial charge in [-0.1, -0.05) is 0 Å². The summed E-state index contributed by atoms with van der Waals surface area (Å²) in [6.45, 7) is 6.19. The number of carbonyl (C=O) groups excluding carboxylic acids is 1. The summed E-state index contributed by atoms with van der Waals surface area (Å²) in [5.41, 5.74) is 4.15. The van der Waals surface area contributed by atoms with Crippen molar-refractivity contribution in [2.45, 2.75) is 39.7 Å². The van der Waals surface area contributed by atoms with Crippen LogP contribution in [-0.4, -0.2) is 41.7 Å². The maximum Gasteiger partial charge on any atom is 0.275 e. The Balaban J connectivity index is 1.74. The van der Waals surface area contributed by atoms with E-state index in [4.69, 9.17) is 0 Å². The Morgan fingerprint density at radius 3 is 2.77 bits per heavy atom. The highest BCUT2D eigenvalue weighted by Crippen LogP contribution is 2.33. The fourth-order valence-corrected chi connectivity index (χ4v) is 3.60. The summed E-state index contributed by atoms with van der Waals surface area (Å²) in [4.78, 5) is 31.8. The van der Waals surface area contributed by atoms with Gasteiger partial charge in [-0.25, -0.2) is 9.50 Å². The zero-order valence-corrected chi connectivity index (χ0v) is 15.4. The molecule has 1 saturated heterocycles. The number of nitrogens with zero attached hydrogens (tertiary/aromatic N) is 5. The summed E-state index contributed by atoms with van der Waals surface area (Å²) in [5.74, 6) is -0.0237. The van der Waals surface area contributed by atoms with Crippen LogP contribution in [0, 0.1) is 20.8 Å². The van der Waals surface area contributed by atoms with Crippen LogP contribution in [0.15, 0.2) is 17.1 Å². The van der Waals surface area contributed by atoms with Crippen LogP contribution < -0.4 is 5.56 Å². The third-order valence-electron chi connectivity index (χ3n) is 5.44. The van der Waals surface area contributed by atoms with E-state index >= 15 is 0 Å². The van der Waals surface area contributed by atoms with Gasteiger partial charge in [0.05, 0.1) is 23.5 Å². The maximum absolute atomic E-state index is 13.0. The van der Waals surface area contributed by atoms with Gasteiger partial charge >= 0.3 is 0 Å². The molecule has 0 aliphatic carbocycles. The van der Waals surface area contributed by atoms with E-state index in [1.165, 1.54) is 4.52 Å². The zero-order chi connectivity index (χ0) is 18.6. The third kappa shape index (κ3) is 2.36. The molecule has 3 aromatic heterocycles. The Morgan fingerprint density at radius 2 is 2.08 bits per heavy atom. The first kappa shape index (κ1) is 16.6. The Morgan fingerprint density at radius 1 is 1.31 bits per heavy atom. The molecule has 3 aromatic rings. The van der Waals surface area contributed by atoms with E-state index in [1.807, 2.05) is 31.9 Å². The Bertz CT molecular complexity index is 1070. The first-order valence-electron chi connectivity index (χ1n) is 8.77. The molecule has 1 amide bonds. The number of hydrogen-bond acceptors (Lipinski definition) is 4. The molecule has 1 aliphatic heterocycles. The lowest BCUT2D eigenvalue weighted by atomic mass is 10.1. The number of amides is 1. The van der Waals surface area contributed by atoms with Gasteiger partial charge in [-0.05, 0) is 33.6 Å². The van der Waals surface area contributed by atoms with Crippen molar-refractivity contribution in [2.24, 2.45) is 7.05 Å². The van der Waals surface area contributed by atoms with Crippen LogP contribution in [0.3, 0.4) is 0 Å². The van der Waals surface area contributed by atoms with Crippen molar-refractivity contribution in [2.75, 3.05) is 6.54 Å². The van der Waals surface area contributed by atoms with Crippen LogP contribution in [0.2, 0.25) is 0 Å². The predicted octanol–water partition coefficient (Wildman–Crippen LogP) is 1.66. The quantitative estimate of drug-likeness (QED) is 0.758. The van der Waals surface area contributed by atoms with E-state index in [-0.39, 0.29) is 17.5 Å². The van der Waals surface area contributed by atoms with Gasteiger partial charge < -0.3 is 4.90 Å². The summed E-state index contributed by atoms with van der Waals surface area (Å²) >= 11 is 0. The van der Waals surface area contributed by atoms with Gasteiger partial charge in [-0.15, -0.1) is 0 Å². The van der Waals surface area contributed by atoms with Crippen molar-refractivity contribution in [3.05, 3.63) is 50.8 Å². The van der Waals surface area contributed by atoms with Crippen molar-refractivity contribution in [3.63, 3.8) is 0 Å². The van der Waals surface area contributed by atoms with E-state index in [0.717, 1.165) is 29.9 Å². The molecule has 8 nitrogen and oxygen atoms in total. The SMILES string of the molecule is Cc1nc2cc([C@@H]3CCCN3C(=O)c3cnn(C)c3C)[nH]n2c(=O)c1C. The topological polar surface area (TPSA) is 88.3 Å². The van der Waals surface area contributed by atoms with Gasteiger partial charge in [0, 0.05) is 36.6 Å². The van der Waals surface area contributed by atoms with Gasteiger partial charge in [-0.3, -0.25) is 19.4 Å². The van der Waals surface area contributed by atoms with Crippen LogP contribution in [-0.2, 0) is 7.05 Å². The summed E-state index contributed by atoms with van der Waals surface area (Å²) < 4.78 is 3.17. The number of likely N-dealkylation sites (tertiary alicyclic amines) is 1. The Kier molecular flexibility index (Phi) is 3.71. The summed E-state index contributed by atoms with van der Waals surface area (Å²) in [5, 5.41) is 7.34. The highest BCUT2D eigenvalue weighted by molar-refractivity contribution is 5.95. The average Bonchev–Trinajstić information content (AvgIpc) is 3.32. The van der Waals surface area contributed by atoms with Crippen molar-refractivity contribution in [1.82, 2.24) is 29.3 Å². The monoisotopic (exact) mass is 354 g/mol. The van der Waals surface area contributed by atoms with E-state index in [9.17, 15) is 9.59 Å². The van der Waals surface area contributed by atoms with Crippen molar-refractivity contribution >= 4 is 11.6 Å². The lowest BCUT2D eigenvalue weighted by Gasteiger charge is -2.23. The Hall–Kier alpha value is -2.90. The molecule has 1 atom stereocenters. The maximum atomic E-state index is 13.0. The van der Waals surface area contributed by atoms with Crippen LogP contribution in [0.5, 0.6) is 0 Å². The van der Waals surface area contributed by atoms with Crippen LogP contribution >= 0.6 is 0 Å². The van der Waals surface area contributed by atoms with Crippen LogP contribution in [0.4, 0.5) is 0 Å². The number of hydrogen-bond donors (Lipinski definition) is 1. The van der Waals surface area contributed by atoms with E-state index < -0.39 is 0 Å². The fourth-order valence-electron chi connectivity index (χ4n) is 3.60. The molecule has 26 heavy (non-hydrogen) atoms. The highest BCUT2D eigenvalue weighted by atomic mass is 16.2. The fraction of sp³-hybridized carbons (Fsp3) is 0.444. The number of rotatable bonds is 2. The van der Waals surface area contributed by atoms with Gasteiger partial charge in [0.2, 0.25) is 0 Å². The van der Waals surface area contributed by atoms with Crippen LogP contribution in [0.25, 0.3) is 5.65 Å².